The monoisotopic (exact) mass is 287 g/mol. The van der Waals surface area contributed by atoms with Crippen LogP contribution >= 0.6 is 27.7 Å². The van der Waals surface area contributed by atoms with Gasteiger partial charge in [0.2, 0.25) is 0 Å². The normalized spacial score (nSPS) is 10.9. The van der Waals surface area contributed by atoms with Gasteiger partial charge < -0.3 is 0 Å². The molecule has 3 heteroatoms. The van der Waals surface area contributed by atoms with Gasteiger partial charge in [-0.1, -0.05) is 46.3 Å². The number of thioether (sulfide) groups is 1. The molecule has 1 aromatic carbocycles. The topological polar surface area (TPSA) is 3.24 Å². The summed E-state index contributed by atoms with van der Waals surface area (Å²) in [7, 11) is 0. The van der Waals surface area contributed by atoms with Gasteiger partial charge in [-0.25, -0.2) is 0 Å². The molecule has 0 N–H and O–H groups in total. The zero-order valence-corrected chi connectivity index (χ0v) is 11.6. The van der Waals surface area contributed by atoms with Gasteiger partial charge in [0.25, 0.3) is 0 Å². The largest absolute Gasteiger partial charge is 0.297 e. The molecule has 0 bridgehead atoms. The number of hydrogen-bond donors (Lipinski definition) is 0. The molecule has 1 nitrogen and oxygen atoms in total. The van der Waals surface area contributed by atoms with Crippen LogP contribution in [0.4, 0.5) is 0 Å². The fraction of sp³-hybridized carbons (Fsp3) is 0.500. The van der Waals surface area contributed by atoms with Gasteiger partial charge in [0, 0.05) is 30.7 Å². The van der Waals surface area contributed by atoms with Crippen LogP contribution in [-0.2, 0) is 6.54 Å². The molecule has 0 radical (unpaired) electrons. The van der Waals surface area contributed by atoms with Crippen LogP contribution in [0.2, 0.25) is 0 Å². The van der Waals surface area contributed by atoms with Gasteiger partial charge in [-0.2, -0.15) is 11.8 Å². The van der Waals surface area contributed by atoms with E-state index >= 15 is 0 Å². The summed E-state index contributed by atoms with van der Waals surface area (Å²) in [5.41, 5.74) is 1.40. The highest BCUT2D eigenvalue weighted by molar-refractivity contribution is 9.09. The summed E-state index contributed by atoms with van der Waals surface area (Å²) in [6.07, 6.45) is 2.16. The zero-order valence-electron chi connectivity index (χ0n) is 9.16. The first-order valence-corrected chi connectivity index (χ1v) is 7.69. The molecule has 0 aromatic heterocycles. The fourth-order valence-corrected chi connectivity index (χ4v) is 2.39. The molecule has 0 aliphatic heterocycles. The molecular formula is C12H18BrNS. The zero-order chi connectivity index (χ0) is 10.9. The smallest absolute Gasteiger partial charge is 0.0234 e. The minimum atomic E-state index is 1.05. The molecule has 0 saturated carbocycles. The second-order valence-electron chi connectivity index (χ2n) is 3.44. The highest BCUT2D eigenvalue weighted by Gasteiger charge is 2.03. The highest BCUT2D eigenvalue weighted by atomic mass is 79.9. The Morgan fingerprint density at radius 2 is 1.93 bits per heavy atom. The van der Waals surface area contributed by atoms with E-state index in [2.05, 4.69) is 57.4 Å². The third kappa shape index (κ3) is 5.59. The summed E-state index contributed by atoms with van der Waals surface area (Å²) in [6, 6.07) is 10.7. The van der Waals surface area contributed by atoms with Crippen LogP contribution in [0.15, 0.2) is 30.3 Å². The van der Waals surface area contributed by atoms with Crippen molar-refractivity contribution in [2.45, 2.75) is 6.54 Å². The average molecular weight is 288 g/mol. The maximum absolute atomic E-state index is 3.51. The van der Waals surface area contributed by atoms with Gasteiger partial charge in [-0.15, -0.1) is 0 Å². The first kappa shape index (κ1) is 13.1. The third-order valence-electron chi connectivity index (χ3n) is 2.26. The Bertz CT molecular complexity index is 253. The lowest BCUT2D eigenvalue weighted by Gasteiger charge is -2.20. The molecule has 0 spiro atoms. The van der Waals surface area contributed by atoms with Crippen LogP contribution in [0.25, 0.3) is 0 Å². The molecule has 0 atom stereocenters. The van der Waals surface area contributed by atoms with Crippen molar-refractivity contribution in [3.63, 3.8) is 0 Å². The number of rotatable bonds is 7. The molecule has 15 heavy (non-hydrogen) atoms. The Morgan fingerprint density at radius 3 is 2.53 bits per heavy atom. The predicted octanol–water partition coefficient (Wildman–Crippen LogP) is 3.25. The minimum Gasteiger partial charge on any atom is -0.297 e. The maximum atomic E-state index is 3.51. The Hall–Kier alpha value is 0.0100. The quantitative estimate of drug-likeness (QED) is 0.709. The Morgan fingerprint density at radius 1 is 1.20 bits per heavy atom. The molecule has 0 unspecified atom stereocenters. The van der Waals surface area contributed by atoms with Crippen molar-refractivity contribution in [2.75, 3.05) is 30.4 Å². The number of halogens is 1. The van der Waals surface area contributed by atoms with Gasteiger partial charge >= 0.3 is 0 Å². The number of hydrogen-bond acceptors (Lipinski definition) is 2. The van der Waals surface area contributed by atoms with E-state index in [0.717, 1.165) is 18.4 Å². The molecule has 0 heterocycles. The lowest BCUT2D eigenvalue weighted by molar-refractivity contribution is 0.302. The van der Waals surface area contributed by atoms with Crippen molar-refractivity contribution >= 4 is 27.7 Å². The molecule has 0 aliphatic rings. The summed E-state index contributed by atoms with van der Waals surface area (Å²) in [4.78, 5) is 2.49. The molecule has 84 valence electrons. The van der Waals surface area contributed by atoms with Gasteiger partial charge in [-0.3, -0.25) is 4.90 Å². The number of benzene rings is 1. The van der Waals surface area contributed by atoms with Crippen molar-refractivity contribution < 1.29 is 0 Å². The standard InChI is InChI=1S/C12H18BrNS/c1-15-10-9-14(8-7-13)11-12-5-3-2-4-6-12/h2-6H,7-11H2,1H3. The molecule has 0 saturated heterocycles. The van der Waals surface area contributed by atoms with Crippen LogP contribution < -0.4 is 0 Å². The van der Waals surface area contributed by atoms with E-state index in [1.807, 2.05) is 11.8 Å². The summed E-state index contributed by atoms with van der Waals surface area (Å²) in [5.74, 6) is 1.21. The SMILES string of the molecule is CSCCN(CCBr)Cc1ccccc1. The molecule has 0 amide bonds. The number of alkyl halides is 1. The Labute approximate surface area is 105 Å². The van der Waals surface area contributed by atoms with E-state index in [1.165, 1.54) is 17.9 Å². The second-order valence-corrected chi connectivity index (χ2v) is 5.22. The van der Waals surface area contributed by atoms with Crippen molar-refractivity contribution in [3.8, 4) is 0 Å². The van der Waals surface area contributed by atoms with Crippen molar-refractivity contribution in [1.29, 1.82) is 0 Å². The molecule has 0 fully saturated rings. The average Bonchev–Trinajstić information content (AvgIpc) is 2.28. The second kappa shape index (κ2) is 8.20. The molecule has 1 rings (SSSR count). The van der Waals surface area contributed by atoms with Crippen molar-refractivity contribution in [1.82, 2.24) is 4.90 Å². The maximum Gasteiger partial charge on any atom is 0.0234 e. The Kier molecular flexibility index (Phi) is 7.14. The van der Waals surface area contributed by atoms with Gasteiger partial charge in [0.15, 0.2) is 0 Å². The summed E-state index contributed by atoms with van der Waals surface area (Å²) >= 11 is 5.42. The van der Waals surface area contributed by atoms with E-state index in [9.17, 15) is 0 Å². The Balaban J connectivity index is 2.43. The first-order chi connectivity index (χ1) is 7.36. The highest BCUT2D eigenvalue weighted by Crippen LogP contribution is 2.06. The molecule has 0 aliphatic carbocycles. The fourth-order valence-electron chi connectivity index (χ4n) is 1.45. The van der Waals surface area contributed by atoms with E-state index in [4.69, 9.17) is 0 Å². The van der Waals surface area contributed by atoms with Crippen LogP contribution in [0.1, 0.15) is 5.56 Å². The summed E-state index contributed by atoms with van der Waals surface area (Å²) in [6.45, 7) is 3.35. The molecule has 1 aromatic rings. The first-order valence-electron chi connectivity index (χ1n) is 5.18. The lowest BCUT2D eigenvalue weighted by Crippen LogP contribution is -2.27. The van der Waals surface area contributed by atoms with E-state index in [0.29, 0.717) is 0 Å². The van der Waals surface area contributed by atoms with Crippen LogP contribution in [0.3, 0.4) is 0 Å². The van der Waals surface area contributed by atoms with Crippen LogP contribution in [0, 0.1) is 0 Å². The summed E-state index contributed by atoms with van der Waals surface area (Å²) in [5, 5.41) is 1.05. The number of nitrogens with zero attached hydrogens (tertiary/aromatic N) is 1. The van der Waals surface area contributed by atoms with E-state index in [1.54, 1.807) is 0 Å². The van der Waals surface area contributed by atoms with E-state index in [-0.39, 0.29) is 0 Å². The van der Waals surface area contributed by atoms with Gasteiger partial charge in [0.05, 0.1) is 0 Å². The van der Waals surface area contributed by atoms with Gasteiger partial charge in [-0.05, 0) is 11.8 Å². The summed E-state index contributed by atoms with van der Waals surface area (Å²) < 4.78 is 0. The molecular weight excluding hydrogens is 270 g/mol. The third-order valence-corrected chi connectivity index (χ3v) is 3.21. The van der Waals surface area contributed by atoms with Crippen LogP contribution in [-0.4, -0.2) is 35.3 Å². The van der Waals surface area contributed by atoms with Crippen molar-refractivity contribution in [2.24, 2.45) is 0 Å². The van der Waals surface area contributed by atoms with Crippen LogP contribution in [0.5, 0.6) is 0 Å². The minimum absolute atomic E-state index is 1.05. The lowest BCUT2D eigenvalue weighted by atomic mass is 10.2. The van der Waals surface area contributed by atoms with E-state index < -0.39 is 0 Å². The predicted molar refractivity (Wildman–Crippen MR) is 73.9 cm³/mol. The van der Waals surface area contributed by atoms with Crippen molar-refractivity contribution in [3.05, 3.63) is 35.9 Å². The van der Waals surface area contributed by atoms with Gasteiger partial charge in [0.1, 0.15) is 0 Å².